The van der Waals surface area contributed by atoms with Crippen LogP contribution in [0.2, 0.25) is 0 Å². The quantitative estimate of drug-likeness (QED) is 0.418. The maximum absolute atomic E-state index is 13.3. The summed E-state index contributed by atoms with van der Waals surface area (Å²) in [6.45, 7) is 2.46. The summed E-state index contributed by atoms with van der Waals surface area (Å²) in [5, 5.41) is 3.51. The molecule has 0 radical (unpaired) electrons. The van der Waals surface area contributed by atoms with Gasteiger partial charge in [-0.1, -0.05) is 52.3 Å². The third-order valence-corrected chi connectivity index (χ3v) is 6.16. The van der Waals surface area contributed by atoms with E-state index in [0.717, 1.165) is 15.8 Å². The maximum atomic E-state index is 13.3. The first kappa shape index (κ1) is 20.0. The van der Waals surface area contributed by atoms with Gasteiger partial charge in [-0.3, -0.25) is 9.59 Å². The van der Waals surface area contributed by atoms with Crippen LogP contribution in [0.25, 0.3) is 0 Å². The van der Waals surface area contributed by atoms with E-state index >= 15 is 0 Å². The molecule has 156 valence electrons. The van der Waals surface area contributed by atoms with Crippen LogP contribution < -0.4 is 10.1 Å². The van der Waals surface area contributed by atoms with Crippen LogP contribution >= 0.6 is 15.9 Å². The van der Waals surface area contributed by atoms with Gasteiger partial charge in [-0.15, -0.1) is 0 Å². The lowest BCUT2D eigenvalue weighted by Crippen LogP contribution is -2.32. The largest absolute Gasteiger partial charge is 0.464 e. The van der Waals surface area contributed by atoms with Crippen molar-refractivity contribution in [3.05, 3.63) is 93.0 Å². The van der Waals surface area contributed by atoms with Gasteiger partial charge in [-0.2, -0.15) is 0 Å². The lowest BCUT2D eigenvalue weighted by Gasteiger charge is -2.33. The molecule has 0 saturated carbocycles. The van der Waals surface area contributed by atoms with Gasteiger partial charge in [0.15, 0.2) is 11.6 Å². The average molecular weight is 478 g/mol. The second-order valence-electron chi connectivity index (χ2n) is 7.55. The molecule has 0 aromatic heterocycles. The van der Waals surface area contributed by atoms with E-state index in [2.05, 4.69) is 21.2 Å². The highest BCUT2D eigenvalue weighted by Crippen LogP contribution is 2.40. The molecule has 0 fully saturated rings. The highest BCUT2D eigenvalue weighted by atomic mass is 79.9. The topological polar surface area (TPSA) is 64.6 Å². The molecule has 2 aliphatic rings. The van der Waals surface area contributed by atoms with E-state index in [1.807, 2.05) is 31.2 Å². The van der Waals surface area contributed by atoms with Gasteiger partial charge in [-0.05, 0) is 31.2 Å². The first-order valence-electron chi connectivity index (χ1n) is 10.2. The minimum absolute atomic E-state index is 0.129. The fourth-order valence-electron chi connectivity index (χ4n) is 4.29. The summed E-state index contributed by atoms with van der Waals surface area (Å²) in [4.78, 5) is 26.4. The second kappa shape index (κ2) is 7.94. The fourth-order valence-corrected chi connectivity index (χ4v) is 4.66. The number of fused-ring (bicyclic) bond motifs is 3. The fraction of sp³-hybridized carbons (Fsp3) is 0.200. The van der Waals surface area contributed by atoms with Crippen molar-refractivity contribution in [1.82, 2.24) is 0 Å². The number of ether oxygens (including phenoxy) is 2. The number of benzene rings is 3. The highest BCUT2D eigenvalue weighted by molar-refractivity contribution is 9.10. The zero-order valence-electron chi connectivity index (χ0n) is 16.9. The number of rotatable bonds is 4. The molecule has 1 heterocycles. The van der Waals surface area contributed by atoms with Crippen LogP contribution in [0, 0.1) is 0 Å². The third-order valence-electron chi connectivity index (χ3n) is 5.67. The molecular weight excluding hydrogens is 458 g/mol. The van der Waals surface area contributed by atoms with Gasteiger partial charge in [0.1, 0.15) is 5.75 Å². The van der Waals surface area contributed by atoms with E-state index in [4.69, 9.17) is 9.47 Å². The van der Waals surface area contributed by atoms with E-state index in [1.54, 1.807) is 36.4 Å². The van der Waals surface area contributed by atoms with Crippen molar-refractivity contribution >= 4 is 33.2 Å². The van der Waals surface area contributed by atoms with Crippen LogP contribution in [0.5, 0.6) is 5.75 Å². The molecule has 5 nitrogen and oxygen atoms in total. The lowest BCUT2D eigenvalue weighted by molar-refractivity contribution is -0.0900. The Bertz CT molecular complexity index is 1210. The number of ketones is 2. The molecule has 5 rings (SSSR count). The minimum atomic E-state index is -0.395. The van der Waals surface area contributed by atoms with E-state index in [0.29, 0.717) is 41.0 Å². The zero-order chi connectivity index (χ0) is 21.5. The highest BCUT2D eigenvalue weighted by Gasteiger charge is 2.34. The Morgan fingerprint density at radius 3 is 2.52 bits per heavy atom. The Labute approximate surface area is 188 Å². The molecule has 0 bridgehead atoms. The monoisotopic (exact) mass is 477 g/mol. The van der Waals surface area contributed by atoms with Crippen LogP contribution in [0.4, 0.5) is 5.69 Å². The van der Waals surface area contributed by atoms with Crippen LogP contribution in [0.3, 0.4) is 0 Å². The van der Waals surface area contributed by atoms with Gasteiger partial charge < -0.3 is 14.8 Å². The predicted molar refractivity (Wildman–Crippen MR) is 121 cm³/mol. The van der Waals surface area contributed by atoms with E-state index < -0.39 is 6.29 Å². The molecule has 1 aliphatic carbocycles. The third kappa shape index (κ3) is 3.46. The number of anilines is 1. The van der Waals surface area contributed by atoms with Crippen LogP contribution in [0.15, 0.2) is 65.1 Å². The lowest BCUT2D eigenvalue weighted by atomic mass is 9.83. The molecule has 3 aromatic carbocycles. The van der Waals surface area contributed by atoms with Gasteiger partial charge in [0, 0.05) is 45.4 Å². The molecule has 6 heteroatoms. The molecule has 3 aromatic rings. The Morgan fingerprint density at radius 2 is 1.74 bits per heavy atom. The van der Waals surface area contributed by atoms with E-state index in [9.17, 15) is 9.59 Å². The number of halogens is 1. The van der Waals surface area contributed by atoms with Crippen molar-refractivity contribution in [3.8, 4) is 5.75 Å². The van der Waals surface area contributed by atoms with Crippen molar-refractivity contribution in [2.45, 2.75) is 25.7 Å². The minimum Gasteiger partial charge on any atom is -0.464 e. The van der Waals surface area contributed by atoms with E-state index in [-0.39, 0.29) is 17.6 Å². The standard InChI is InChI=1S/C25H20BrNO4/c1-2-30-22-13-20(18-12-14(26)10-11-21(18)31-22)27-19-9-5-8-17-23(19)25(29)16-7-4-3-6-15(16)24(17)28/h3-12,20,22,27H,2,13H2,1H3/t20-,22-/m0/s1. The number of nitrogens with one attached hydrogen (secondary N) is 1. The van der Waals surface area contributed by atoms with Crippen molar-refractivity contribution in [1.29, 1.82) is 0 Å². The zero-order valence-corrected chi connectivity index (χ0v) is 18.4. The van der Waals surface area contributed by atoms with Gasteiger partial charge in [-0.25, -0.2) is 0 Å². The summed E-state index contributed by atoms with van der Waals surface area (Å²) in [5.74, 6) is 0.468. The van der Waals surface area contributed by atoms with Crippen molar-refractivity contribution < 1.29 is 19.1 Å². The van der Waals surface area contributed by atoms with Gasteiger partial charge in [0.05, 0.1) is 11.6 Å². The van der Waals surface area contributed by atoms with Crippen LogP contribution in [-0.2, 0) is 4.74 Å². The first-order chi connectivity index (χ1) is 15.1. The molecule has 1 aliphatic heterocycles. The summed E-state index contributed by atoms with van der Waals surface area (Å²) in [5.41, 5.74) is 3.35. The number of carbonyl (C=O) groups is 2. The molecule has 0 unspecified atom stereocenters. The van der Waals surface area contributed by atoms with Gasteiger partial charge in [0.2, 0.25) is 6.29 Å². The number of carbonyl (C=O) groups excluding carboxylic acids is 2. The summed E-state index contributed by atoms with van der Waals surface area (Å²) < 4.78 is 12.7. The molecule has 2 atom stereocenters. The molecular formula is C25H20BrNO4. The molecule has 0 spiro atoms. The molecule has 1 N–H and O–H groups in total. The number of hydrogen-bond acceptors (Lipinski definition) is 5. The predicted octanol–water partition coefficient (Wildman–Crippen LogP) is 5.52. The SMILES string of the molecule is CCO[C@@H]1C[C@H](Nc2cccc3c2C(=O)c2ccccc2C3=O)c2cc(Br)ccc2O1. The Kier molecular flexibility index (Phi) is 5.12. The number of hydrogen-bond donors (Lipinski definition) is 1. The normalized spacial score (nSPS) is 19.2. The smallest absolute Gasteiger partial charge is 0.202 e. The van der Waals surface area contributed by atoms with Crippen LogP contribution in [0.1, 0.15) is 56.8 Å². The Morgan fingerprint density at radius 1 is 1.00 bits per heavy atom. The molecule has 0 saturated heterocycles. The summed E-state index contributed by atoms with van der Waals surface area (Å²) >= 11 is 3.53. The second-order valence-corrected chi connectivity index (χ2v) is 8.47. The summed E-state index contributed by atoms with van der Waals surface area (Å²) in [6.07, 6.45) is 0.174. The van der Waals surface area contributed by atoms with Gasteiger partial charge in [0.25, 0.3) is 0 Å². The summed E-state index contributed by atoms with van der Waals surface area (Å²) in [7, 11) is 0. The van der Waals surface area contributed by atoms with Crippen molar-refractivity contribution in [2.75, 3.05) is 11.9 Å². The summed E-state index contributed by atoms with van der Waals surface area (Å²) in [6, 6.07) is 18.0. The molecule has 31 heavy (non-hydrogen) atoms. The Balaban J connectivity index is 1.57. The Hall–Kier alpha value is -2.96. The van der Waals surface area contributed by atoms with Crippen molar-refractivity contribution in [2.24, 2.45) is 0 Å². The molecule has 0 amide bonds. The van der Waals surface area contributed by atoms with E-state index in [1.165, 1.54) is 0 Å². The van der Waals surface area contributed by atoms with Crippen LogP contribution in [-0.4, -0.2) is 24.5 Å². The van der Waals surface area contributed by atoms with Crippen molar-refractivity contribution in [3.63, 3.8) is 0 Å². The first-order valence-corrected chi connectivity index (χ1v) is 11.0. The van der Waals surface area contributed by atoms with Gasteiger partial charge >= 0.3 is 0 Å². The average Bonchev–Trinajstić information content (AvgIpc) is 2.78. The maximum Gasteiger partial charge on any atom is 0.202 e.